The van der Waals surface area contributed by atoms with Gasteiger partial charge in [-0.2, -0.15) is 15.2 Å². The van der Waals surface area contributed by atoms with Crippen molar-refractivity contribution >= 4 is 28.4 Å². The molecule has 254 valence electrons. The highest BCUT2D eigenvalue weighted by atomic mass is 16.6. The maximum atomic E-state index is 13.2. The van der Waals surface area contributed by atoms with Gasteiger partial charge in [-0.3, -0.25) is 4.90 Å². The van der Waals surface area contributed by atoms with Crippen LogP contribution in [-0.2, 0) is 29.0 Å². The zero-order chi connectivity index (χ0) is 33.7. The first-order chi connectivity index (χ1) is 24.0. The van der Waals surface area contributed by atoms with Crippen LogP contribution >= 0.6 is 0 Å². The van der Waals surface area contributed by atoms with Gasteiger partial charge >= 0.3 is 12.1 Å². The van der Waals surface area contributed by atoms with Crippen LogP contribution in [-0.4, -0.2) is 97.0 Å². The smallest absolute Gasteiger partial charge is 0.410 e. The van der Waals surface area contributed by atoms with Gasteiger partial charge in [-0.1, -0.05) is 66.7 Å². The van der Waals surface area contributed by atoms with Gasteiger partial charge in [0.05, 0.1) is 37.4 Å². The second-order valence-corrected chi connectivity index (χ2v) is 13.2. The lowest BCUT2D eigenvalue weighted by Gasteiger charge is -2.42. The Kier molecular flexibility index (Phi) is 9.77. The van der Waals surface area contributed by atoms with E-state index in [4.69, 9.17) is 24.2 Å². The molecule has 0 unspecified atom stereocenters. The average Bonchev–Trinajstić information content (AvgIpc) is 3.14. The molecule has 0 aliphatic carbocycles. The first-order valence-electron chi connectivity index (χ1n) is 17.1. The van der Waals surface area contributed by atoms with Crippen LogP contribution in [0.1, 0.15) is 30.2 Å². The molecule has 1 aromatic heterocycles. The first-order valence-corrected chi connectivity index (χ1v) is 17.1. The molecular weight excluding hydrogens is 618 g/mol. The summed E-state index contributed by atoms with van der Waals surface area (Å²) in [4.78, 5) is 31.8. The zero-order valence-electron chi connectivity index (χ0n) is 28.2. The van der Waals surface area contributed by atoms with E-state index in [9.17, 15) is 10.1 Å². The summed E-state index contributed by atoms with van der Waals surface area (Å²) in [6.07, 6.45) is 0.454. The molecule has 0 bridgehead atoms. The van der Waals surface area contributed by atoms with Gasteiger partial charge in [0.1, 0.15) is 25.1 Å². The lowest BCUT2D eigenvalue weighted by Crippen LogP contribution is -2.55. The van der Waals surface area contributed by atoms with Crippen LogP contribution in [0.3, 0.4) is 0 Å². The van der Waals surface area contributed by atoms with Gasteiger partial charge in [-0.15, -0.1) is 0 Å². The number of nitrogens with zero attached hydrogens (tertiary/aromatic N) is 7. The van der Waals surface area contributed by atoms with Crippen LogP contribution in [0.25, 0.3) is 10.8 Å². The summed E-state index contributed by atoms with van der Waals surface area (Å²) in [5.41, 5.74) is 4.11. The molecule has 1 amide bonds. The monoisotopic (exact) mass is 661 g/mol. The molecule has 3 aliphatic heterocycles. The van der Waals surface area contributed by atoms with Crippen molar-refractivity contribution in [2.45, 2.75) is 51.1 Å². The van der Waals surface area contributed by atoms with Gasteiger partial charge in [-0.25, -0.2) is 4.79 Å². The Balaban J connectivity index is 1.14. The summed E-state index contributed by atoms with van der Waals surface area (Å²) in [5.74, 6) is 0.813. The van der Waals surface area contributed by atoms with Crippen molar-refractivity contribution in [2.24, 2.45) is 0 Å². The first kappa shape index (κ1) is 32.6. The van der Waals surface area contributed by atoms with Gasteiger partial charge in [0.15, 0.2) is 0 Å². The van der Waals surface area contributed by atoms with Crippen molar-refractivity contribution < 1.29 is 19.0 Å². The number of hydrogen-bond donors (Lipinski definition) is 0. The number of benzene rings is 3. The van der Waals surface area contributed by atoms with Crippen LogP contribution in [0, 0.1) is 11.3 Å². The van der Waals surface area contributed by atoms with E-state index < -0.39 is 6.09 Å². The highest BCUT2D eigenvalue weighted by Crippen LogP contribution is 2.35. The number of nitriles is 1. The number of piperazine rings is 1. The summed E-state index contributed by atoms with van der Waals surface area (Å²) in [5, 5.41) is 12.2. The SMILES string of the molecule is C[C@@H]1CO[C@@H](COc2nc3c(c(N4CCN(C(=O)OCc5ccccc5)[C@@H](CC#N)C4)n2)CCN(c2cccc4ccccc24)C3)CN1C. The molecule has 3 atom stereocenters. The van der Waals surface area contributed by atoms with Crippen molar-refractivity contribution in [3.63, 3.8) is 0 Å². The quantitative estimate of drug-likeness (QED) is 0.255. The molecule has 11 nitrogen and oxygen atoms in total. The summed E-state index contributed by atoms with van der Waals surface area (Å²) in [6.45, 7) is 6.95. The molecule has 2 saturated heterocycles. The van der Waals surface area contributed by atoms with E-state index in [0.717, 1.165) is 42.1 Å². The van der Waals surface area contributed by atoms with Crippen LogP contribution in [0.5, 0.6) is 6.01 Å². The molecule has 4 heterocycles. The van der Waals surface area contributed by atoms with Gasteiger partial charge in [0, 0.05) is 55.4 Å². The molecule has 49 heavy (non-hydrogen) atoms. The minimum absolute atomic E-state index is 0.0816. The molecule has 0 saturated carbocycles. The van der Waals surface area contributed by atoms with Gasteiger partial charge < -0.3 is 28.9 Å². The highest BCUT2D eigenvalue weighted by molar-refractivity contribution is 5.94. The average molecular weight is 662 g/mol. The van der Waals surface area contributed by atoms with Crippen molar-refractivity contribution in [1.82, 2.24) is 19.8 Å². The molecule has 0 N–H and O–H groups in total. The molecule has 3 aromatic carbocycles. The van der Waals surface area contributed by atoms with Gasteiger partial charge in [0.25, 0.3) is 0 Å². The Morgan fingerprint density at radius 1 is 0.980 bits per heavy atom. The molecule has 11 heteroatoms. The Hall–Kier alpha value is -4.92. The number of likely N-dealkylation sites (N-methyl/N-ethyl adjacent to an activating group) is 1. The largest absolute Gasteiger partial charge is 0.461 e. The summed E-state index contributed by atoms with van der Waals surface area (Å²) in [6, 6.07) is 27.1. The van der Waals surface area contributed by atoms with Gasteiger partial charge in [0.2, 0.25) is 0 Å². The van der Waals surface area contributed by atoms with Crippen molar-refractivity contribution in [3.8, 4) is 12.1 Å². The second-order valence-electron chi connectivity index (χ2n) is 13.2. The zero-order valence-corrected chi connectivity index (χ0v) is 28.2. The second kappa shape index (κ2) is 14.7. The van der Waals surface area contributed by atoms with E-state index in [2.05, 4.69) is 77.2 Å². The number of aromatic nitrogens is 2. The Bertz CT molecular complexity index is 1810. The number of amides is 1. The predicted molar refractivity (Wildman–Crippen MR) is 188 cm³/mol. The molecule has 0 radical (unpaired) electrons. The standard InChI is InChI=1S/C38H43N7O4/c1-27-24-47-31(22-42(27)2)26-48-37-40-34-23-43(35-14-8-12-29-11-6-7-13-32(29)35)18-16-33(34)36(41-37)44-19-20-45(30(21-44)15-17-39)38(46)49-25-28-9-4-3-5-10-28/h3-14,27,30-31H,15-16,18-26H2,1-2H3/t27-,30+,31-/m1/s1. The topological polar surface area (TPSA) is 107 Å². The van der Waals surface area contributed by atoms with E-state index >= 15 is 0 Å². The Morgan fingerprint density at radius 2 is 1.80 bits per heavy atom. The van der Waals surface area contributed by atoms with Crippen molar-refractivity contribution in [1.29, 1.82) is 5.26 Å². The van der Waals surface area contributed by atoms with Crippen LogP contribution < -0.4 is 14.5 Å². The molecule has 7 rings (SSSR count). The van der Waals surface area contributed by atoms with Crippen LogP contribution in [0.2, 0.25) is 0 Å². The fourth-order valence-corrected chi connectivity index (χ4v) is 7.00. The number of hydrogen-bond acceptors (Lipinski definition) is 10. The molecule has 3 aliphatic rings. The number of anilines is 2. The number of morpholine rings is 1. The predicted octanol–water partition coefficient (Wildman–Crippen LogP) is 5.03. The van der Waals surface area contributed by atoms with E-state index in [1.807, 2.05) is 30.3 Å². The third-order valence-corrected chi connectivity index (χ3v) is 9.89. The maximum Gasteiger partial charge on any atom is 0.410 e. The lowest BCUT2D eigenvalue weighted by atomic mass is 10.0. The molecule has 0 spiro atoms. The number of fused-ring (bicyclic) bond motifs is 2. The van der Waals surface area contributed by atoms with Crippen molar-refractivity contribution in [3.05, 3.63) is 89.6 Å². The van der Waals surface area contributed by atoms with Crippen LogP contribution in [0.15, 0.2) is 72.8 Å². The van der Waals surface area contributed by atoms with E-state index in [1.165, 1.54) is 16.5 Å². The summed E-state index contributed by atoms with van der Waals surface area (Å²) in [7, 11) is 2.10. The van der Waals surface area contributed by atoms with Gasteiger partial charge in [-0.05, 0) is 37.4 Å². The van der Waals surface area contributed by atoms with E-state index in [-0.39, 0.29) is 25.2 Å². The third-order valence-electron chi connectivity index (χ3n) is 9.89. The molecular formula is C38H43N7O4. The minimum atomic E-state index is -0.407. The number of ether oxygens (including phenoxy) is 3. The molecule has 2 fully saturated rings. The summed E-state index contributed by atoms with van der Waals surface area (Å²) < 4.78 is 18.0. The number of rotatable bonds is 8. The van der Waals surface area contributed by atoms with Crippen molar-refractivity contribution in [2.75, 3.05) is 62.8 Å². The number of carbonyl (C=O) groups excluding carboxylic acids is 1. The van der Waals surface area contributed by atoms with Crippen LogP contribution in [0.4, 0.5) is 16.3 Å². The third kappa shape index (κ3) is 7.26. The number of carbonyl (C=O) groups is 1. The fraction of sp³-hybridized carbons (Fsp3) is 0.421. The highest BCUT2D eigenvalue weighted by Gasteiger charge is 2.35. The molecule has 4 aromatic rings. The lowest BCUT2D eigenvalue weighted by molar-refractivity contribution is -0.0662. The van der Waals surface area contributed by atoms with E-state index in [0.29, 0.717) is 51.4 Å². The van der Waals surface area contributed by atoms with E-state index in [1.54, 1.807) is 4.90 Å². The Labute approximate surface area is 287 Å². The maximum absolute atomic E-state index is 13.2. The summed E-state index contributed by atoms with van der Waals surface area (Å²) >= 11 is 0. The normalized spacial score (nSPS) is 21.2. The minimum Gasteiger partial charge on any atom is -0.461 e. The Morgan fingerprint density at radius 3 is 2.63 bits per heavy atom. The fourth-order valence-electron chi connectivity index (χ4n) is 7.00.